The Hall–Kier alpha value is -2.35. The van der Waals surface area contributed by atoms with Crippen molar-refractivity contribution >= 4 is 17.1 Å². The number of aromatic nitrogens is 2. The van der Waals surface area contributed by atoms with Gasteiger partial charge in [-0.3, -0.25) is 9.69 Å². The van der Waals surface area contributed by atoms with Crippen molar-refractivity contribution in [3.63, 3.8) is 0 Å². The number of hydrogen-bond acceptors (Lipinski definition) is 7. The van der Waals surface area contributed by atoms with Crippen molar-refractivity contribution in [2.24, 2.45) is 5.92 Å². The Morgan fingerprint density at radius 2 is 1.97 bits per heavy atom. The second kappa shape index (κ2) is 11.0. The van der Waals surface area contributed by atoms with E-state index >= 15 is 0 Å². The SMILES string of the molecule is Cc1ncsc1-c1ccc(CCC(=O)C2CC(O)CN2CC(c2cc(C(C)(C)C)no2)C(C)C)cc1. The van der Waals surface area contributed by atoms with Crippen LogP contribution < -0.4 is 0 Å². The normalized spacial score (nSPS) is 19.8. The topological polar surface area (TPSA) is 79.5 Å². The van der Waals surface area contributed by atoms with Gasteiger partial charge < -0.3 is 9.63 Å². The maximum absolute atomic E-state index is 13.3. The second-order valence-electron chi connectivity index (χ2n) is 11.5. The van der Waals surface area contributed by atoms with E-state index in [1.165, 1.54) is 4.88 Å². The van der Waals surface area contributed by atoms with Gasteiger partial charge in [-0.05, 0) is 36.8 Å². The highest BCUT2D eigenvalue weighted by atomic mass is 32.1. The summed E-state index contributed by atoms with van der Waals surface area (Å²) in [6, 6.07) is 10.2. The first kappa shape index (κ1) is 26.7. The number of aliphatic hydroxyl groups excluding tert-OH is 1. The molecule has 0 amide bonds. The molecule has 0 radical (unpaired) electrons. The third kappa shape index (κ3) is 6.13. The molecule has 0 saturated carbocycles. The summed E-state index contributed by atoms with van der Waals surface area (Å²) in [4.78, 5) is 21.0. The molecule has 3 atom stereocenters. The van der Waals surface area contributed by atoms with E-state index in [4.69, 9.17) is 4.52 Å². The van der Waals surface area contributed by atoms with Gasteiger partial charge in [0.2, 0.25) is 0 Å². The molecule has 1 N–H and O–H groups in total. The van der Waals surface area contributed by atoms with Gasteiger partial charge in [0.05, 0.1) is 33.9 Å². The van der Waals surface area contributed by atoms with E-state index < -0.39 is 6.10 Å². The summed E-state index contributed by atoms with van der Waals surface area (Å²) in [6.45, 7) is 13.9. The highest BCUT2D eigenvalue weighted by Crippen LogP contribution is 2.33. The predicted octanol–water partition coefficient (Wildman–Crippen LogP) is 5.78. The number of rotatable bonds is 9. The van der Waals surface area contributed by atoms with Crippen molar-refractivity contribution in [3.05, 3.63) is 58.6 Å². The number of β-amino-alcohol motifs (C(OH)–C–C–N with tert-alkyl or cyclic N) is 1. The molecular weight excluding hydrogens is 470 g/mol. The predicted molar refractivity (Wildman–Crippen MR) is 144 cm³/mol. The van der Waals surface area contributed by atoms with Gasteiger partial charge in [-0.2, -0.15) is 0 Å². The lowest BCUT2D eigenvalue weighted by atomic mass is 9.88. The molecule has 1 saturated heterocycles. The minimum absolute atomic E-state index is 0.0800. The van der Waals surface area contributed by atoms with E-state index in [0.717, 1.165) is 28.3 Å². The standard InChI is InChI=1S/C29H39N3O3S/c1-18(2)23(26-14-27(31-35-26)29(4,5)6)16-32-15-22(33)13-24(32)25(34)12-9-20-7-10-21(11-8-20)28-19(3)30-17-36-28/h7-8,10-11,14,17-18,22-24,33H,9,12-13,15-16H2,1-6H3. The monoisotopic (exact) mass is 509 g/mol. The number of benzene rings is 1. The number of hydrogen-bond donors (Lipinski definition) is 1. The zero-order chi connectivity index (χ0) is 26.0. The fraction of sp³-hybridized carbons (Fsp3) is 0.552. The van der Waals surface area contributed by atoms with Gasteiger partial charge in [0, 0.05) is 36.9 Å². The molecule has 3 unspecified atom stereocenters. The van der Waals surface area contributed by atoms with Crippen molar-refractivity contribution in [3.8, 4) is 10.4 Å². The Balaban J connectivity index is 1.40. The molecule has 3 aromatic rings. The summed E-state index contributed by atoms with van der Waals surface area (Å²) < 4.78 is 5.77. The summed E-state index contributed by atoms with van der Waals surface area (Å²) in [5, 5.41) is 14.8. The van der Waals surface area contributed by atoms with E-state index in [-0.39, 0.29) is 23.2 Å². The first-order chi connectivity index (χ1) is 17.0. The van der Waals surface area contributed by atoms with Gasteiger partial charge >= 0.3 is 0 Å². The van der Waals surface area contributed by atoms with Crippen LogP contribution >= 0.6 is 11.3 Å². The van der Waals surface area contributed by atoms with Gasteiger partial charge in [-0.1, -0.05) is 64.0 Å². The maximum atomic E-state index is 13.3. The van der Waals surface area contributed by atoms with E-state index in [0.29, 0.717) is 38.3 Å². The Morgan fingerprint density at radius 1 is 1.25 bits per heavy atom. The molecule has 1 aromatic carbocycles. The number of Topliss-reactive ketones (excluding diaryl/α,β-unsaturated/α-hetero) is 1. The molecule has 4 rings (SSSR count). The van der Waals surface area contributed by atoms with Gasteiger partial charge in [-0.15, -0.1) is 11.3 Å². The molecule has 0 aliphatic carbocycles. The average molecular weight is 510 g/mol. The number of thiazole rings is 1. The molecule has 1 fully saturated rings. The number of carbonyl (C=O) groups is 1. The number of ketones is 1. The quantitative estimate of drug-likeness (QED) is 0.394. The molecule has 0 bridgehead atoms. The third-order valence-electron chi connectivity index (χ3n) is 7.27. The van der Waals surface area contributed by atoms with Crippen molar-refractivity contribution < 1.29 is 14.4 Å². The second-order valence-corrected chi connectivity index (χ2v) is 12.4. The number of aliphatic hydroxyl groups is 1. The fourth-order valence-corrected chi connectivity index (χ4v) is 5.76. The smallest absolute Gasteiger partial charge is 0.150 e. The van der Waals surface area contributed by atoms with Crippen LogP contribution in [-0.4, -0.2) is 51.2 Å². The lowest BCUT2D eigenvalue weighted by Crippen LogP contribution is -2.39. The number of aryl methyl sites for hydroxylation is 2. The van der Waals surface area contributed by atoms with Gasteiger partial charge in [0.25, 0.3) is 0 Å². The van der Waals surface area contributed by atoms with Crippen LogP contribution in [0.4, 0.5) is 0 Å². The van der Waals surface area contributed by atoms with Gasteiger partial charge in [-0.25, -0.2) is 4.98 Å². The lowest BCUT2D eigenvalue weighted by Gasteiger charge is -2.28. The van der Waals surface area contributed by atoms with Crippen LogP contribution in [0.25, 0.3) is 10.4 Å². The van der Waals surface area contributed by atoms with Crippen LogP contribution in [0.15, 0.2) is 40.4 Å². The summed E-state index contributed by atoms with van der Waals surface area (Å²) in [7, 11) is 0. The zero-order valence-corrected chi connectivity index (χ0v) is 23.1. The molecule has 36 heavy (non-hydrogen) atoms. The Bertz CT molecular complexity index is 1160. The van der Waals surface area contributed by atoms with Crippen LogP contribution in [0.3, 0.4) is 0 Å². The first-order valence-electron chi connectivity index (χ1n) is 12.9. The van der Waals surface area contributed by atoms with E-state index in [1.54, 1.807) is 11.3 Å². The first-order valence-corrected chi connectivity index (χ1v) is 13.8. The summed E-state index contributed by atoms with van der Waals surface area (Å²) in [5.41, 5.74) is 6.09. The molecule has 6 nitrogen and oxygen atoms in total. The molecule has 3 heterocycles. The van der Waals surface area contributed by atoms with Crippen molar-refractivity contribution in [2.45, 2.75) is 84.3 Å². The highest BCUT2D eigenvalue weighted by molar-refractivity contribution is 7.13. The van der Waals surface area contributed by atoms with E-state index in [2.05, 4.69) is 80.0 Å². The van der Waals surface area contributed by atoms with Crippen molar-refractivity contribution in [1.82, 2.24) is 15.0 Å². The molecular formula is C29H39N3O3S. The number of carbonyl (C=O) groups excluding carboxylic acids is 1. The van der Waals surface area contributed by atoms with Gasteiger partial charge in [0.15, 0.2) is 0 Å². The average Bonchev–Trinajstić information content (AvgIpc) is 3.55. The number of nitrogens with zero attached hydrogens (tertiary/aromatic N) is 3. The minimum Gasteiger partial charge on any atom is -0.392 e. The van der Waals surface area contributed by atoms with Crippen LogP contribution in [0.2, 0.25) is 0 Å². The fourth-order valence-electron chi connectivity index (χ4n) is 4.95. The third-order valence-corrected chi connectivity index (χ3v) is 8.25. The van der Waals surface area contributed by atoms with Crippen LogP contribution in [0.5, 0.6) is 0 Å². The Kier molecular flexibility index (Phi) is 8.12. The zero-order valence-electron chi connectivity index (χ0n) is 22.3. The van der Waals surface area contributed by atoms with E-state index in [1.807, 2.05) is 12.4 Å². The van der Waals surface area contributed by atoms with Crippen LogP contribution in [0, 0.1) is 12.8 Å². The van der Waals surface area contributed by atoms with Crippen LogP contribution in [-0.2, 0) is 16.6 Å². The molecule has 2 aromatic heterocycles. The summed E-state index contributed by atoms with van der Waals surface area (Å²) in [5.74, 6) is 1.49. The lowest BCUT2D eigenvalue weighted by molar-refractivity contribution is -0.123. The molecule has 7 heteroatoms. The maximum Gasteiger partial charge on any atom is 0.150 e. The van der Waals surface area contributed by atoms with Gasteiger partial charge in [0.1, 0.15) is 11.5 Å². The Morgan fingerprint density at radius 3 is 2.56 bits per heavy atom. The van der Waals surface area contributed by atoms with E-state index in [9.17, 15) is 9.90 Å². The summed E-state index contributed by atoms with van der Waals surface area (Å²) in [6.07, 6.45) is 1.19. The number of likely N-dealkylation sites (tertiary alicyclic amines) is 1. The Labute approximate surface area is 218 Å². The largest absolute Gasteiger partial charge is 0.392 e. The molecule has 1 aliphatic heterocycles. The molecule has 1 aliphatic rings. The highest BCUT2D eigenvalue weighted by Gasteiger charge is 2.38. The minimum atomic E-state index is -0.478. The van der Waals surface area contributed by atoms with Crippen LogP contribution in [0.1, 0.15) is 76.1 Å². The van der Waals surface area contributed by atoms with Crippen molar-refractivity contribution in [1.29, 1.82) is 0 Å². The molecule has 194 valence electrons. The molecule has 0 spiro atoms. The van der Waals surface area contributed by atoms with Crippen molar-refractivity contribution in [2.75, 3.05) is 13.1 Å². The summed E-state index contributed by atoms with van der Waals surface area (Å²) >= 11 is 1.65.